The lowest BCUT2D eigenvalue weighted by molar-refractivity contribution is 0.513. The zero-order valence-corrected chi connectivity index (χ0v) is 13.2. The Hall–Kier alpha value is -1.08. The molecule has 0 aliphatic heterocycles. The van der Waals surface area contributed by atoms with Gasteiger partial charge in [-0.25, -0.2) is 0 Å². The fraction of sp³-hybridized carbons (Fsp3) is 0.556. The average Bonchev–Trinajstić information content (AvgIpc) is 2.37. The molecule has 0 aliphatic carbocycles. The van der Waals surface area contributed by atoms with Gasteiger partial charge in [-0.2, -0.15) is 0 Å². The molecule has 0 bridgehead atoms. The molecule has 1 heteroatoms. The Morgan fingerprint density at radius 1 is 1.21 bits per heavy atom. The van der Waals surface area contributed by atoms with Gasteiger partial charge in [-0.3, -0.25) is 0 Å². The van der Waals surface area contributed by atoms with Crippen molar-refractivity contribution in [2.45, 2.75) is 58.9 Å². The molecular weight excluding hydrogens is 230 g/mol. The summed E-state index contributed by atoms with van der Waals surface area (Å²) in [6, 6.07) is 9.18. The molecule has 0 amide bonds. The lowest BCUT2D eigenvalue weighted by Crippen LogP contribution is -2.25. The fourth-order valence-electron chi connectivity index (χ4n) is 2.46. The maximum absolute atomic E-state index is 4.17. The first-order chi connectivity index (χ1) is 8.90. The van der Waals surface area contributed by atoms with Gasteiger partial charge in [-0.1, -0.05) is 71.0 Å². The molecule has 0 aromatic heterocycles. The van der Waals surface area contributed by atoms with Gasteiger partial charge in [0.2, 0.25) is 0 Å². The minimum absolute atomic E-state index is 0.178. The first kappa shape index (κ1) is 16.0. The van der Waals surface area contributed by atoms with Crippen LogP contribution in [0.4, 0.5) is 0 Å². The second-order valence-electron chi connectivity index (χ2n) is 6.26. The number of rotatable bonds is 6. The van der Waals surface area contributed by atoms with Crippen molar-refractivity contribution in [2.75, 3.05) is 6.54 Å². The molecule has 1 aromatic rings. The van der Waals surface area contributed by atoms with Crippen molar-refractivity contribution in [3.05, 3.63) is 47.5 Å². The van der Waals surface area contributed by atoms with Crippen molar-refractivity contribution in [3.8, 4) is 0 Å². The van der Waals surface area contributed by atoms with E-state index < -0.39 is 0 Å². The minimum Gasteiger partial charge on any atom is -0.310 e. The summed E-state index contributed by atoms with van der Waals surface area (Å²) in [5, 5.41) is 3.62. The van der Waals surface area contributed by atoms with E-state index in [1.54, 1.807) is 0 Å². The highest BCUT2D eigenvalue weighted by molar-refractivity contribution is 5.36. The second-order valence-corrected chi connectivity index (χ2v) is 6.26. The third-order valence-corrected chi connectivity index (χ3v) is 3.59. The summed E-state index contributed by atoms with van der Waals surface area (Å²) in [5.74, 6) is 0. The van der Waals surface area contributed by atoms with E-state index in [2.05, 4.69) is 70.8 Å². The summed E-state index contributed by atoms with van der Waals surface area (Å²) in [4.78, 5) is 0. The lowest BCUT2D eigenvalue weighted by Gasteiger charge is -2.28. The van der Waals surface area contributed by atoms with Gasteiger partial charge < -0.3 is 5.32 Å². The molecule has 0 fully saturated rings. The van der Waals surface area contributed by atoms with E-state index in [1.165, 1.54) is 16.7 Å². The first-order valence-electron chi connectivity index (χ1n) is 7.39. The zero-order valence-electron chi connectivity index (χ0n) is 13.2. The van der Waals surface area contributed by atoms with Crippen LogP contribution in [0, 0.1) is 0 Å². The summed E-state index contributed by atoms with van der Waals surface area (Å²) in [6.45, 7) is 16.4. The average molecular weight is 259 g/mol. The Bertz CT molecular complexity index is 412. The first-order valence-corrected chi connectivity index (χ1v) is 7.39. The Labute approximate surface area is 119 Å². The van der Waals surface area contributed by atoms with Gasteiger partial charge in [0.25, 0.3) is 0 Å². The highest BCUT2D eigenvalue weighted by Gasteiger charge is 2.22. The Balaban J connectivity index is 3.12. The van der Waals surface area contributed by atoms with E-state index in [0.717, 1.165) is 19.4 Å². The molecule has 19 heavy (non-hydrogen) atoms. The summed E-state index contributed by atoms with van der Waals surface area (Å²) < 4.78 is 0. The van der Waals surface area contributed by atoms with Gasteiger partial charge in [0, 0.05) is 6.04 Å². The summed E-state index contributed by atoms with van der Waals surface area (Å²) in [7, 11) is 0. The maximum atomic E-state index is 4.17. The molecule has 1 nitrogen and oxygen atoms in total. The second kappa shape index (κ2) is 6.91. The predicted molar refractivity (Wildman–Crippen MR) is 85.6 cm³/mol. The molecule has 1 rings (SSSR count). The van der Waals surface area contributed by atoms with Crippen molar-refractivity contribution in [2.24, 2.45) is 0 Å². The molecule has 0 radical (unpaired) electrons. The van der Waals surface area contributed by atoms with Gasteiger partial charge in [0.1, 0.15) is 0 Å². The number of nitrogens with one attached hydrogen (secondary N) is 1. The van der Waals surface area contributed by atoms with Crippen molar-refractivity contribution in [1.29, 1.82) is 0 Å². The molecule has 0 saturated heterocycles. The monoisotopic (exact) mass is 259 g/mol. The highest BCUT2D eigenvalue weighted by atomic mass is 14.9. The van der Waals surface area contributed by atoms with Crippen LogP contribution in [0.5, 0.6) is 0 Å². The molecule has 0 aliphatic rings. The molecule has 1 aromatic carbocycles. The predicted octanol–water partition coefficient (Wildman–Crippen LogP) is 4.99. The van der Waals surface area contributed by atoms with E-state index in [0.29, 0.717) is 6.04 Å². The van der Waals surface area contributed by atoms with E-state index in [4.69, 9.17) is 0 Å². The van der Waals surface area contributed by atoms with E-state index in [9.17, 15) is 0 Å². The van der Waals surface area contributed by atoms with Crippen LogP contribution in [-0.2, 0) is 5.41 Å². The van der Waals surface area contributed by atoms with Crippen molar-refractivity contribution in [3.63, 3.8) is 0 Å². The molecule has 106 valence electrons. The summed E-state index contributed by atoms with van der Waals surface area (Å²) in [6.07, 6.45) is 2.08. The van der Waals surface area contributed by atoms with Crippen LogP contribution >= 0.6 is 0 Å². The SMILES string of the molecule is C=C(CC)CC(NCC)c1ccccc1C(C)(C)C. The van der Waals surface area contributed by atoms with Crippen molar-refractivity contribution in [1.82, 2.24) is 5.32 Å². The number of hydrogen-bond donors (Lipinski definition) is 1. The summed E-state index contributed by atoms with van der Waals surface area (Å²) in [5.41, 5.74) is 4.35. The van der Waals surface area contributed by atoms with Crippen molar-refractivity contribution >= 4 is 0 Å². The standard InChI is InChI=1S/C18H29N/c1-7-14(3)13-17(19-8-2)15-11-9-10-12-16(15)18(4,5)6/h9-12,17,19H,3,7-8,13H2,1-2,4-6H3. The van der Waals surface area contributed by atoms with Crippen LogP contribution in [0.25, 0.3) is 0 Å². The number of benzene rings is 1. The van der Waals surface area contributed by atoms with Crippen LogP contribution in [0.2, 0.25) is 0 Å². The fourth-order valence-corrected chi connectivity index (χ4v) is 2.46. The quantitative estimate of drug-likeness (QED) is 0.710. The summed E-state index contributed by atoms with van der Waals surface area (Å²) >= 11 is 0. The molecule has 0 saturated carbocycles. The zero-order chi connectivity index (χ0) is 14.5. The Morgan fingerprint density at radius 3 is 2.37 bits per heavy atom. The minimum atomic E-state index is 0.178. The smallest absolute Gasteiger partial charge is 0.0360 e. The van der Waals surface area contributed by atoms with E-state index in [-0.39, 0.29) is 5.41 Å². The van der Waals surface area contributed by atoms with Crippen LogP contribution < -0.4 is 5.32 Å². The van der Waals surface area contributed by atoms with Gasteiger partial charge in [0.15, 0.2) is 0 Å². The van der Waals surface area contributed by atoms with Crippen LogP contribution in [0.3, 0.4) is 0 Å². The molecule has 0 heterocycles. The maximum Gasteiger partial charge on any atom is 0.0360 e. The van der Waals surface area contributed by atoms with Gasteiger partial charge >= 0.3 is 0 Å². The molecule has 1 atom stereocenters. The molecule has 0 spiro atoms. The lowest BCUT2D eigenvalue weighted by atomic mass is 9.80. The van der Waals surface area contributed by atoms with Crippen LogP contribution in [0.1, 0.15) is 64.6 Å². The largest absolute Gasteiger partial charge is 0.310 e. The van der Waals surface area contributed by atoms with Crippen LogP contribution in [-0.4, -0.2) is 6.54 Å². The molecule has 1 N–H and O–H groups in total. The Kier molecular flexibility index (Phi) is 5.81. The number of hydrogen-bond acceptors (Lipinski definition) is 1. The third-order valence-electron chi connectivity index (χ3n) is 3.59. The van der Waals surface area contributed by atoms with E-state index in [1.807, 2.05) is 0 Å². The van der Waals surface area contributed by atoms with Gasteiger partial charge in [0.05, 0.1) is 0 Å². The van der Waals surface area contributed by atoms with E-state index >= 15 is 0 Å². The highest BCUT2D eigenvalue weighted by Crippen LogP contribution is 2.32. The normalized spacial score (nSPS) is 13.3. The third kappa shape index (κ3) is 4.50. The molecule has 1 unspecified atom stereocenters. The van der Waals surface area contributed by atoms with Gasteiger partial charge in [-0.15, -0.1) is 0 Å². The van der Waals surface area contributed by atoms with Gasteiger partial charge in [-0.05, 0) is 35.9 Å². The molecular formula is C18H29N. The topological polar surface area (TPSA) is 12.0 Å². The van der Waals surface area contributed by atoms with Crippen molar-refractivity contribution < 1.29 is 0 Å². The Morgan fingerprint density at radius 2 is 1.84 bits per heavy atom. The van der Waals surface area contributed by atoms with Crippen LogP contribution in [0.15, 0.2) is 36.4 Å².